The first kappa shape index (κ1) is 20.0. The average molecular weight is 407 g/mol. The lowest BCUT2D eigenvalue weighted by Gasteiger charge is -2.42. The van der Waals surface area contributed by atoms with Crippen LogP contribution in [-0.2, 0) is 17.7 Å². The molecule has 0 bridgehead atoms. The van der Waals surface area contributed by atoms with Crippen molar-refractivity contribution in [2.24, 2.45) is 0 Å². The number of hydrogen-bond donors (Lipinski definition) is 0. The summed E-state index contributed by atoms with van der Waals surface area (Å²) >= 11 is 0. The fraction of sp³-hybridized carbons (Fsp3) is 0.600. The van der Waals surface area contributed by atoms with E-state index in [1.54, 1.807) is 0 Å². The molecule has 0 spiro atoms. The van der Waals surface area contributed by atoms with Crippen molar-refractivity contribution in [2.75, 3.05) is 31.2 Å². The highest BCUT2D eigenvalue weighted by molar-refractivity contribution is 5.52. The van der Waals surface area contributed by atoms with Crippen LogP contribution in [0.4, 0.5) is 5.82 Å². The summed E-state index contributed by atoms with van der Waals surface area (Å²) in [6.07, 6.45) is 8.30. The standard InChI is InChI=1S/C25H34N4O/c1-19-22-10-7-14-28(18-20-8-3-2-4-9-20)25(22)27-24(26-19)23-11-5-6-15-29(23)21-12-16-30-17-13-21/h2-4,8-9,21,23H,5-7,10-18H2,1H3/t23-/m1/s1. The van der Waals surface area contributed by atoms with Gasteiger partial charge in [0.2, 0.25) is 0 Å². The van der Waals surface area contributed by atoms with Gasteiger partial charge in [-0.1, -0.05) is 36.8 Å². The first-order valence-corrected chi connectivity index (χ1v) is 11.8. The molecule has 0 unspecified atom stereocenters. The first-order valence-electron chi connectivity index (χ1n) is 11.8. The Balaban J connectivity index is 1.45. The van der Waals surface area contributed by atoms with Crippen molar-refractivity contribution in [2.45, 2.75) is 70.5 Å². The van der Waals surface area contributed by atoms with Gasteiger partial charge in [-0.15, -0.1) is 0 Å². The monoisotopic (exact) mass is 406 g/mol. The predicted molar refractivity (Wildman–Crippen MR) is 120 cm³/mol. The smallest absolute Gasteiger partial charge is 0.148 e. The predicted octanol–water partition coefficient (Wildman–Crippen LogP) is 4.44. The molecule has 5 heteroatoms. The van der Waals surface area contributed by atoms with Gasteiger partial charge in [0, 0.05) is 43.6 Å². The highest BCUT2D eigenvalue weighted by Gasteiger charge is 2.34. The molecule has 5 rings (SSSR count). The van der Waals surface area contributed by atoms with Crippen molar-refractivity contribution in [3.8, 4) is 0 Å². The van der Waals surface area contributed by atoms with Gasteiger partial charge in [-0.2, -0.15) is 0 Å². The van der Waals surface area contributed by atoms with Crippen LogP contribution in [0.5, 0.6) is 0 Å². The molecule has 0 N–H and O–H groups in total. The maximum atomic E-state index is 5.63. The van der Waals surface area contributed by atoms with E-state index in [0.717, 1.165) is 51.4 Å². The largest absolute Gasteiger partial charge is 0.381 e. The highest BCUT2D eigenvalue weighted by atomic mass is 16.5. The molecule has 30 heavy (non-hydrogen) atoms. The molecular formula is C25H34N4O. The van der Waals surface area contributed by atoms with Gasteiger partial charge in [0.15, 0.2) is 0 Å². The Morgan fingerprint density at radius 1 is 0.967 bits per heavy atom. The fourth-order valence-electron chi connectivity index (χ4n) is 5.50. The van der Waals surface area contributed by atoms with E-state index < -0.39 is 0 Å². The quantitative estimate of drug-likeness (QED) is 0.751. The number of rotatable bonds is 4. The number of aromatic nitrogens is 2. The normalized spacial score (nSPS) is 23.4. The van der Waals surface area contributed by atoms with Crippen LogP contribution in [0.2, 0.25) is 0 Å². The maximum Gasteiger partial charge on any atom is 0.148 e. The van der Waals surface area contributed by atoms with E-state index in [4.69, 9.17) is 14.7 Å². The number of piperidine rings is 1. The fourth-order valence-corrected chi connectivity index (χ4v) is 5.50. The minimum atomic E-state index is 0.353. The minimum absolute atomic E-state index is 0.353. The van der Waals surface area contributed by atoms with Crippen molar-refractivity contribution in [3.05, 3.63) is 53.0 Å². The van der Waals surface area contributed by atoms with Crippen molar-refractivity contribution in [3.63, 3.8) is 0 Å². The Kier molecular flexibility index (Phi) is 6.00. The lowest BCUT2D eigenvalue weighted by atomic mass is 9.95. The van der Waals surface area contributed by atoms with E-state index in [0.29, 0.717) is 12.1 Å². The van der Waals surface area contributed by atoms with Crippen molar-refractivity contribution in [1.29, 1.82) is 0 Å². The molecule has 1 atom stereocenters. The summed E-state index contributed by atoms with van der Waals surface area (Å²) in [6, 6.07) is 11.8. The van der Waals surface area contributed by atoms with Crippen LogP contribution < -0.4 is 4.90 Å². The van der Waals surface area contributed by atoms with Gasteiger partial charge in [-0.3, -0.25) is 4.90 Å². The molecule has 160 valence electrons. The van der Waals surface area contributed by atoms with E-state index in [9.17, 15) is 0 Å². The molecule has 2 aromatic rings. The second kappa shape index (κ2) is 9.03. The molecule has 2 saturated heterocycles. The zero-order valence-electron chi connectivity index (χ0n) is 18.2. The SMILES string of the molecule is Cc1nc([C@H]2CCCCN2C2CCOCC2)nc2c1CCCN2Cc1ccccc1. The Morgan fingerprint density at radius 2 is 1.80 bits per heavy atom. The average Bonchev–Trinajstić information content (AvgIpc) is 2.81. The second-order valence-electron chi connectivity index (χ2n) is 9.07. The Labute approximate surface area is 180 Å². The summed E-state index contributed by atoms with van der Waals surface area (Å²) in [4.78, 5) is 15.5. The number of anilines is 1. The molecule has 0 radical (unpaired) electrons. The number of ether oxygens (including phenoxy) is 1. The molecule has 0 saturated carbocycles. The molecule has 1 aromatic heterocycles. The summed E-state index contributed by atoms with van der Waals surface area (Å²) in [5.74, 6) is 2.24. The van der Waals surface area contributed by atoms with Gasteiger partial charge in [0.25, 0.3) is 0 Å². The Hall–Kier alpha value is -1.98. The number of benzene rings is 1. The first-order chi connectivity index (χ1) is 14.8. The van der Waals surface area contributed by atoms with Crippen molar-refractivity contribution >= 4 is 5.82 Å². The molecule has 3 aliphatic rings. The molecule has 5 nitrogen and oxygen atoms in total. The summed E-state index contributed by atoms with van der Waals surface area (Å²) in [5.41, 5.74) is 3.89. The summed E-state index contributed by atoms with van der Waals surface area (Å²) in [7, 11) is 0. The third-order valence-corrected chi connectivity index (χ3v) is 7.08. The van der Waals surface area contributed by atoms with Gasteiger partial charge in [-0.25, -0.2) is 9.97 Å². The number of hydrogen-bond acceptors (Lipinski definition) is 5. The zero-order valence-corrected chi connectivity index (χ0v) is 18.2. The van der Waals surface area contributed by atoms with Crippen molar-refractivity contribution < 1.29 is 4.74 Å². The molecule has 2 fully saturated rings. The molecular weight excluding hydrogens is 372 g/mol. The lowest BCUT2D eigenvalue weighted by molar-refractivity contribution is 0.00209. The van der Waals surface area contributed by atoms with Crippen LogP contribution in [0.3, 0.4) is 0 Å². The number of nitrogens with zero attached hydrogens (tertiary/aromatic N) is 4. The number of fused-ring (bicyclic) bond motifs is 1. The maximum absolute atomic E-state index is 5.63. The van der Waals surface area contributed by atoms with Crippen LogP contribution in [0.1, 0.15) is 67.2 Å². The Bertz CT molecular complexity index is 850. The van der Waals surface area contributed by atoms with E-state index in [2.05, 4.69) is 47.1 Å². The van der Waals surface area contributed by atoms with E-state index in [1.807, 2.05) is 0 Å². The zero-order chi connectivity index (χ0) is 20.3. The minimum Gasteiger partial charge on any atom is -0.381 e. The topological polar surface area (TPSA) is 41.5 Å². The molecule has 0 amide bonds. The molecule has 1 aromatic carbocycles. The third-order valence-electron chi connectivity index (χ3n) is 7.08. The summed E-state index contributed by atoms with van der Waals surface area (Å²) in [5, 5.41) is 0. The van der Waals surface area contributed by atoms with Crippen LogP contribution in [-0.4, -0.2) is 47.2 Å². The lowest BCUT2D eigenvalue weighted by Crippen LogP contribution is -2.45. The van der Waals surface area contributed by atoms with Gasteiger partial charge in [-0.05, 0) is 57.6 Å². The van der Waals surface area contributed by atoms with Crippen LogP contribution in [0.25, 0.3) is 0 Å². The van der Waals surface area contributed by atoms with Crippen LogP contribution in [0, 0.1) is 6.92 Å². The third kappa shape index (κ3) is 4.10. The van der Waals surface area contributed by atoms with E-state index in [1.165, 1.54) is 54.9 Å². The van der Waals surface area contributed by atoms with Crippen LogP contribution in [0.15, 0.2) is 30.3 Å². The molecule has 3 aliphatic heterocycles. The van der Waals surface area contributed by atoms with Crippen molar-refractivity contribution in [1.82, 2.24) is 14.9 Å². The van der Waals surface area contributed by atoms with Crippen LogP contribution >= 0.6 is 0 Å². The summed E-state index contributed by atoms with van der Waals surface area (Å²) < 4.78 is 5.63. The Morgan fingerprint density at radius 3 is 2.63 bits per heavy atom. The van der Waals surface area contributed by atoms with Gasteiger partial charge in [0.1, 0.15) is 11.6 Å². The highest BCUT2D eigenvalue weighted by Crippen LogP contribution is 2.36. The van der Waals surface area contributed by atoms with E-state index >= 15 is 0 Å². The van der Waals surface area contributed by atoms with Gasteiger partial charge < -0.3 is 9.64 Å². The molecule has 0 aliphatic carbocycles. The van der Waals surface area contributed by atoms with Gasteiger partial charge in [0.05, 0.1) is 6.04 Å². The number of aryl methyl sites for hydroxylation is 1. The molecule has 4 heterocycles. The second-order valence-corrected chi connectivity index (χ2v) is 9.07. The van der Waals surface area contributed by atoms with E-state index in [-0.39, 0.29) is 0 Å². The van der Waals surface area contributed by atoms with Gasteiger partial charge >= 0.3 is 0 Å². The summed E-state index contributed by atoms with van der Waals surface area (Å²) in [6.45, 7) is 7.15. The number of likely N-dealkylation sites (tertiary alicyclic amines) is 1.